The number of Topliss-reactive ketones (excluding diaryl/α,β-unsaturated/α-hetero) is 1. The third-order valence-corrected chi connectivity index (χ3v) is 7.04. The number of ketones is 1. The molecule has 1 radical (unpaired) electrons. The molecule has 0 aromatic heterocycles. The largest absolute Gasteiger partial charge is 0.487 e. The molecule has 9 heteroatoms. The maximum Gasteiger partial charge on any atom is 0.326 e. The molecule has 7 nitrogen and oxygen atoms in total. The van der Waals surface area contributed by atoms with Gasteiger partial charge in [-0.3, -0.25) is 9.59 Å². The number of rotatable bonds is 8. The summed E-state index contributed by atoms with van der Waals surface area (Å²) in [5.74, 6) is -0.266. The van der Waals surface area contributed by atoms with Gasteiger partial charge in [0.15, 0.2) is 5.78 Å². The molecule has 0 spiro atoms. The first kappa shape index (κ1) is 27.6. The predicted molar refractivity (Wildman–Crippen MR) is 136 cm³/mol. The molecule has 1 fully saturated rings. The fourth-order valence-electron chi connectivity index (χ4n) is 3.96. The van der Waals surface area contributed by atoms with E-state index >= 15 is 0 Å². The zero-order valence-corrected chi connectivity index (χ0v) is 24.0. The minimum atomic E-state index is -3.99. The number of nitrogens with one attached hydrogen (secondary N) is 1. The van der Waals surface area contributed by atoms with Crippen LogP contribution in [0.4, 0.5) is 5.69 Å². The second-order valence-corrected chi connectivity index (χ2v) is 10.5. The molecule has 1 N–H and O–H groups in total. The summed E-state index contributed by atoms with van der Waals surface area (Å²) in [5, 5.41) is 0. The van der Waals surface area contributed by atoms with Gasteiger partial charge in [-0.1, -0.05) is 80.6 Å². The van der Waals surface area contributed by atoms with E-state index in [4.69, 9.17) is 4.74 Å². The number of amides is 1. The summed E-state index contributed by atoms with van der Waals surface area (Å²) in [6.45, 7) is 3.67. The van der Waals surface area contributed by atoms with E-state index in [1.165, 1.54) is 0 Å². The SMILES string of the molecule is CC(C)(Cc1ccc(N2CC(=O)NS2(=O)=O)c(OCc2ccccc2)c1)C(=O)c1ccccc1.[K]. The van der Waals surface area contributed by atoms with Gasteiger partial charge in [-0.05, 0) is 29.7 Å². The van der Waals surface area contributed by atoms with E-state index in [-0.39, 0.29) is 76.0 Å². The molecule has 0 atom stereocenters. The molecule has 1 saturated heterocycles. The van der Waals surface area contributed by atoms with E-state index in [2.05, 4.69) is 0 Å². The Kier molecular flexibility index (Phi) is 8.95. The molecule has 1 aliphatic heterocycles. The summed E-state index contributed by atoms with van der Waals surface area (Å²) in [6.07, 6.45) is 0.423. The van der Waals surface area contributed by atoms with E-state index in [9.17, 15) is 18.0 Å². The van der Waals surface area contributed by atoms with E-state index < -0.39 is 21.5 Å². The summed E-state index contributed by atoms with van der Waals surface area (Å²) >= 11 is 0. The standard InChI is InChI=1S/C26H26N2O5S.K/c1-26(2,25(30)21-11-7-4-8-12-21)16-20-13-14-22(28-17-24(29)27-34(28,31)32)23(15-20)33-18-19-9-5-3-6-10-19;/h3-15H,16-18H2,1-2H3,(H,27,29);. The molecule has 3 aromatic carbocycles. The monoisotopic (exact) mass is 517 g/mol. The second kappa shape index (κ2) is 11.4. The van der Waals surface area contributed by atoms with Crippen LogP contribution in [0.3, 0.4) is 0 Å². The van der Waals surface area contributed by atoms with Crippen molar-refractivity contribution in [3.05, 3.63) is 95.6 Å². The summed E-state index contributed by atoms with van der Waals surface area (Å²) in [7, 11) is -3.99. The van der Waals surface area contributed by atoms with Gasteiger partial charge in [0.2, 0.25) is 0 Å². The topological polar surface area (TPSA) is 92.8 Å². The van der Waals surface area contributed by atoms with Crippen LogP contribution in [0, 0.1) is 5.41 Å². The fourth-order valence-corrected chi connectivity index (χ4v) is 5.12. The van der Waals surface area contributed by atoms with Crippen molar-refractivity contribution in [3.63, 3.8) is 0 Å². The Labute approximate surface area is 248 Å². The average Bonchev–Trinajstić information content (AvgIpc) is 3.09. The van der Waals surface area contributed by atoms with Gasteiger partial charge in [-0.25, -0.2) is 9.03 Å². The molecule has 0 bridgehead atoms. The first-order valence-electron chi connectivity index (χ1n) is 10.9. The molecule has 3 aromatic rings. The van der Waals surface area contributed by atoms with Gasteiger partial charge in [0, 0.05) is 62.4 Å². The number of anilines is 1. The molecule has 0 saturated carbocycles. The Hall–Kier alpha value is -2.01. The molecule has 4 rings (SSSR count). The number of nitrogens with zero attached hydrogens (tertiary/aromatic N) is 1. The van der Waals surface area contributed by atoms with E-state index in [1.54, 1.807) is 30.3 Å². The number of hydrogen-bond acceptors (Lipinski definition) is 5. The summed E-state index contributed by atoms with van der Waals surface area (Å²) in [5.41, 5.74) is 1.94. The number of ether oxygens (including phenoxy) is 1. The molecule has 1 aliphatic rings. The molecule has 0 aliphatic carbocycles. The Morgan fingerprint density at radius 1 is 0.971 bits per heavy atom. The van der Waals surface area contributed by atoms with Crippen LogP contribution in [0.25, 0.3) is 0 Å². The third-order valence-electron chi connectivity index (χ3n) is 5.65. The van der Waals surface area contributed by atoms with Crippen LogP contribution < -0.4 is 13.8 Å². The van der Waals surface area contributed by atoms with Crippen molar-refractivity contribution in [1.82, 2.24) is 4.72 Å². The van der Waals surface area contributed by atoms with Gasteiger partial charge in [0.1, 0.15) is 18.9 Å². The first-order chi connectivity index (χ1) is 16.2. The number of carbonyl (C=O) groups excluding carboxylic acids is 2. The molecule has 35 heavy (non-hydrogen) atoms. The van der Waals surface area contributed by atoms with Crippen LogP contribution in [0.15, 0.2) is 78.9 Å². The van der Waals surface area contributed by atoms with Crippen LogP contribution in [-0.2, 0) is 28.0 Å². The average molecular weight is 518 g/mol. The Bertz CT molecular complexity index is 1310. The third kappa shape index (κ3) is 6.61. The molecular weight excluding hydrogens is 491 g/mol. The minimum Gasteiger partial charge on any atom is -0.487 e. The molecular formula is C26H26KN2O5S. The molecule has 1 heterocycles. The maximum atomic E-state index is 13.1. The van der Waals surface area contributed by atoms with Crippen molar-refractivity contribution in [1.29, 1.82) is 0 Å². The van der Waals surface area contributed by atoms with Crippen molar-refractivity contribution in [2.45, 2.75) is 26.9 Å². The van der Waals surface area contributed by atoms with Crippen molar-refractivity contribution in [2.24, 2.45) is 5.41 Å². The van der Waals surface area contributed by atoms with Crippen molar-refractivity contribution in [2.75, 3.05) is 10.8 Å². The summed E-state index contributed by atoms with van der Waals surface area (Å²) in [4.78, 5) is 24.9. The molecule has 0 unspecified atom stereocenters. The van der Waals surface area contributed by atoms with Gasteiger partial charge in [0.25, 0.3) is 5.91 Å². The summed E-state index contributed by atoms with van der Waals surface area (Å²) in [6, 6.07) is 23.7. The van der Waals surface area contributed by atoms with Crippen molar-refractivity contribution >= 4 is 79.0 Å². The second-order valence-electron chi connectivity index (χ2n) is 8.87. The maximum absolute atomic E-state index is 13.1. The minimum absolute atomic E-state index is 0. The molecule has 177 valence electrons. The zero-order chi connectivity index (χ0) is 24.3. The van der Waals surface area contributed by atoms with Crippen LogP contribution in [0.2, 0.25) is 0 Å². The molecule has 1 amide bonds. The Morgan fingerprint density at radius 2 is 1.60 bits per heavy atom. The van der Waals surface area contributed by atoms with Crippen LogP contribution >= 0.6 is 0 Å². The van der Waals surface area contributed by atoms with Gasteiger partial charge in [-0.15, -0.1) is 0 Å². The number of carbonyl (C=O) groups is 2. The van der Waals surface area contributed by atoms with E-state index in [0.29, 0.717) is 17.7 Å². The predicted octanol–water partition coefficient (Wildman–Crippen LogP) is 3.52. The van der Waals surface area contributed by atoms with Gasteiger partial charge in [-0.2, -0.15) is 8.42 Å². The Balaban J connectivity index is 0.00000342. The van der Waals surface area contributed by atoms with Gasteiger partial charge in [0.05, 0.1) is 5.69 Å². The fraction of sp³-hybridized carbons (Fsp3) is 0.231. The smallest absolute Gasteiger partial charge is 0.326 e. The van der Waals surface area contributed by atoms with E-state index in [1.807, 2.05) is 67.1 Å². The quantitative estimate of drug-likeness (QED) is 0.365. The van der Waals surface area contributed by atoms with E-state index in [0.717, 1.165) is 15.4 Å². The first-order valence-corrected chi connectivity index (χ1v) is 12.3. The van der Waals surface area contributed by atoms with Crippen LogP contribution in [0.5, 0.6) is 5.75 Å². The zero-order valence-electron chi connectivity index (χ0n) is 20.0. The van der Waals surface area contributed by atoms with Crippen LogP contribution in [0.1, 0.15) is 35.3 Å². The summed E-state index contributed by atoms with van der Waals surface area (Å²) < 4.78 is 33.9. The van der Waals surface area contributed by atoms with Gasteiger partial charge >= 0.3 is 10.2 Å². The van der Waals surface area contributed by atoms with Crippen molar-refractivity contribution in [3.8, 4) is 5.75 Å². The van der Waals surface area contributed by atoms with Crippen LogP contribution in [-0.4, -0.2) is 78.0 Å². The number of benzene rings is 3. The Morgan fingerprint density at radius 3 is 2.20 bits per heavy atom. The normalized spacial score (nSPS) is 14.7. The van der Waals surface area contributed by atoms with Crippen molar-refractivity contribution < 1.29 is 22.7 Å². The van der Waals surface area contributed by atoms with Gasteiger partial charge < -0.3 is 4.74 Å². The number of hydrogen-bond donors (Lipinski definition) is 1.